The van der Waals surface area contributed by atoms with Crippen molar-refractivity contribution in [1.82, 2.24) is 5.32 Å². The van der Waals surface area contributed by atoms with Gasteiger partial charge in [0.15, 0.2) is 0 Å². The molecular formula is C11H11F2N. The van der Waals surface area contributed by atoms with Crippen LogP contribution in [0.15, 0.2) is 18.2 Å². The number of benzene rings is 1. The molecule has 0 aliphatic rings. The molecule has 1 rings (SSSR count). The molecule has 1 aromatic rings. The largest absolute Gasteiger partial charge is 0.302 e. The van der Waals surface area contributed by atoms with E-state index in [9.17, 15) is 8.78 Å². The Morgan fingerprint density at radius 3 is 2.43 bits per heavy atom. The van der Waals surface area contributed by atoms with Gasteiger partial charge in [0.05, 0.1) is 6.54 Å². The van der Waals surface area contributed by atoms with Gasteiger partial charge >= 0.3 is 0 Å². The number of hydrogen-bond acceptors (Lipinski definition) is 1. The third-order valence-electron chi connectivity index (χ3n) is 1.64. The van der Waals surface area contributed by atoms with Gasteiger partial charge < -0.3 is 5.32 Å². The van der Waals surface area contributed by atoms with Crippen molar-refractivity contribution in [2.45, 2.75) is 13.5 Å². The Morgan fingerprint density at radius 2 is 1.86 bits per heavy atom. The van der Waals surface area contributed by atoms with E-state index in [-0.39, 0.29) is 0 Å². The summed E-state index contributed by atoms with van der Waals surface area (Å²) < 4.78 is 25.4. The second kappa shape index (κ2) is 5.36. The second-order valence-corrected chi connectivity index (χ2v) is 2.81. The molecular weight excluding hydrogens is 184 g/mol. The molecule has 0 saturated carbocycles. The lowest BCUT2D eigenvalue weighted by atomic mass is 10.2. The van der Waals surface area contributed by atoms with Gasteiger partial charge in [0.2, 0.25) is 0 Å². The summed E-state index contributed by atoms with van der Waals surface area (Å²) in [6.07, 6.45) is 0. The van der Waals surface area contributed by atoms with Crippen molar-refractivity contribution in [2.75, 3.05) is 6.54 Å². The summed E-state index contributed by atoms with van der Waals surface area (Å²) in [6.45, 7) is 2.68. The Morgan fingerprint density at radius 1 is 1.21 bits per heavy atom. The molecule has 0 aromatic heterocycles. The predicted molar refractivity (Wildman–Crippen MR) is 51.5 cm³/mol. The van der Waals surface area contributed by atoms with E-state index < -0.39 is 11.6 Å². The molecule has 14 heavy (non-hydrogen) atoms. The maximum Gasteiger partial charge on any atom is 0.126 e. The molecule has 0 unspecified atom stereocenters. The van der Waals surface area contributed by atoms with E-state index in [1.807, 2.05) is 0 Å². The molecule has 0 bridgehead atoms. The highest BCUT2D eigenvalue weighted by Crippen LogP contribution is 2.07. The van der Waals surface area contributed by atoms with E-state index in [0.717, 1.165) is 6.07 Å². The van der Waals surface area contributed by atoms with Crippen LogP contribution in [0.1, 0.15) is 12.5 Å². The molecule has 1 N–H and O–H groups in total. The van der Waals surface area contributed by atoms with Crippen LogP contribution in [-0.4, -0.2) is 6.54 Å². The molecule has 0 aliphatic carbocycles. The first-order chi connectivity index (χ1) is 6.72. The zero-order chi connectivity index (χ0) is 10.4. The quantitative estimate of drug-likeness (QED) is 0.575. The van der Waals surface area contributed by atoms with Crippen molar-refractivity contribution >= 4 is 0 Å². The Balaban J connectivity index is 2.53. The maximum absolute atomic E-state index is 12.7. The second-order valence-electron chi connectivity index (χ2n) is 2.81. The summed E-state index contributed by atoms with van der Waals surface area (Å²) in [6, 6.07) is 3.46. The van der Waals surface area contributed by atoms with Crippen LogP contribution in [0.25, 0.3) is 0 Å². The van der Waals surface area contributed by atoms with Crippen LogP contribution < -0.4 is 5.32 Å². The Labute approximate surface area is 82.1 Å². The lowest BCUT2D eigenvalue weighted by Crippen LogP contribution is -2.13. The molecule has 0 spiro atoms. The van der Waals surface area contributed by atoms with Gasteiger partial charge in [-0.3, -0.25) is 0 Å². The minimum absolute atomic E-state index is 0.420. The van der Waals surface area contributed by atoms with Crippen LogP contribution in [0.4, 0.5) is 8.78 Å². The van der Waals surface area contributed by atoms with Gasteiger partial charge in [0.1, 0.15) is 11.6 Å². The smallest absolute Gasteiger partial charge is 0.126 e. The van der Waals surface area contributed by atoms with Crippen LogP contribution in [-0.2, 0) is 6.54 Å². The Bertz CT molecular complexity index is 343. The van der Waals surface area contributed by atoms with Gasteiger partial charge in [-0.2, -0.15) is 0 Å². The standard InChI is InChI=1S/C11H11F2N/c1-2-3-4-14-8-9-5-10(12)7-11(13)6-9/h5-7,14H,4,8H2,1H3. The van der Waals surface area contributed by atoms with Crippen LogP contribution in [0, 0.1) is 23.5 Å². The lowest BCUT2D eigenvalue weighted by molar-refractivity contribution is 0.577. The summed E-state index contributed by atoms with van der Waals surface area (Å²) in [5.74, 6) is 4.41. The van der Waals surface area contributed by atoms with Gasteiger partial charge in [-0.15, -0.1) is 5.92 Å². The van der Waals surface area contributed by atoms with Crippen molar-refractivity contribution in [1.29, 1.82) is 0 Å². The molecule has 0 saturated heterocycles. The van der Waals surface area contributed by atoms with Gasteiger partial charge in [-0.05, 0) is 24.6 Å². The highest BCUT2D eigenvalue weighted by molar-refractivity contribution is 5.17. The highest BCUT2D eigenvalue weighted by Gasteiger charge is 1.99. The monoisotopic (exact) mass is 195 g/mol. The fourth-order valence-corrected chi connectivity index (χ4v) is 1.07. The molecule has 0 fully saturated rings. The van der Waals surface area contributed by atoms with Crippen molar-refractivity contribution < 1.29 is 8.78 Å². The molecule has 3 heteroatoms. The van der Waals surface area contributed by atoms with Crippen LogP contribution in [0.2, 0.25) is 0 Å². The molecule has 1 aromatic carbocycles. The van der Waals surface area contributed by atoms with E-state index in [1.165, 1.54) is 12.1 Å². The molecule has 0 aliphatic heterocycles. The molecule has 0 radical (unpaired) electrons. The van der Waals surface area contributed by atoms with Crippen molar-refractivity contribution in [2.24, 2.45) is 0 Å². The summed E-state index contributed by atoms with van der Waals surface area (Å²) in [7, 11) is 0. The number of rotatable bonds is 3. The van der Waals surface area contributed by atoms with Crippen LogP contribution >= 0.6 is 0 Å². The topological polar surface area (TPSA) is 12.0 Å². The Hall–Kier alpha value is -1.40. The first-order valence-electron chi connectivity index (χ1n) is 4.27. The fourth-order valence-electron chi connectivity index (χ4n) is 1.07. The first kappa shape index (κ1) is 10.7. The normalized spacial score (nSPS) is 9.36. The van der Waals surface area contributed by atoms with Crippen molar-refractivity contribution in [3.8, 4) is 11.8 Å². The maximum atomic E-state index is 12.7. The van der Waals surface area contributed by atoms with Gasteiger partial charge in [-0.25, -0.2) is 8.78 Å². The summed E-state index contributed by atoms with van der Waals surface area (Å²) >= 11 is 0. The fraction of sp³-hybridized carbons (Fsp3) is 0.273. The molecule has 74 valence electrons. The van der Waals surface area contributed by atoms with E-state index in [1.54, 1.807) is 6.92 Å². The molecule has 0 atom stereocenters. The minimum atomic E-state index is -0.552. The zero-order valence-corrected chi connectivity index (χ0v) is 7.90. The summed E-state index contributed by atoms with van der Waals surface area (Å²) in [4.78, 5) is 0. The van der Waals surface area contributed by atoms with Crippen molar-refractivity contribution in [3.05, 3.63) is 35.4 Å². The average molecular weight is 195 g/mol. The highest BCUT2D eigenvalue weighted by atomic mass is 19.1. The van der Waals surface area contributed by atoms with E-state index in [2.05, 4.69) is 17.2 Å². The first-order valence-corrected chi connectivity index (χ1v) is 4.27. The summed E-state index contributed by atoms with van der Waals surface area (Å²) in [5, 5.41) is 2.95. The number of hydrogen-bond donors (Lipinski definition) is 1. The van der Waals surface area contributed by atoms with E-state index in [0.29, 0.717) is 18.7 Å². The molecule has 0 heterocycles. The van der Waals surface area contributed by atoms with E-state index >= 15 is 0 Å². The van der Waals surface area contributed by atoms with Crippen LogP contribution in [0.3, 0.4) is 0 Å². The summed E-state index contributed by atoms with van der Waals surface area (Å²) in [5.41, 5.74) is 0.584. The minimum Gasteiger partial charge on any atom is -0.302 e. The third kappa shape index (κ3) is 3.55. The lowest BCUT2D eigenvalue weighted by Gasteiger charge is -2.01. The SMILES string of the molecule is CC#CCNCc1cc(F)cc(F)c1. The van der Waals surface area contributed by atoms with Gasteiger partial charge in [-0.1, -0.05) is 5.92 Å². The van der Waals surface area contributed by atoms with Gasteiger partial charge in [0.25, 0.3) is 0 Å². The van der Waals surface area contributed by atoms with Crippen LogP contribution in [0.5, 0.6) is 0 Å². The molecule has 1 nitrogen and oxygen atoms in total. The average Bonchev–Trinajstić information content (AvgIpc) is 2.11. The van der Waals surface area contributed by atoms with E-state index in [4.69, 9.17) is 0 Å². The Kier molecular flexibility index (Phi) is 4.09. The zero-order valence-electron chi connectivity index (χ0n) is 7.90. The van der Waals surface area contributed by atoms with Gasteiger partial charge in [0, 0.05) is 12.6 Å². The molecule has 0 amide bonds. The van der Waals surface area contributed by atoms with Crippen molar-refractivity contribution in [3.63, 3.8) is 0 Å². The number of halogens is 2. The predicted octanol–water partition coefficient (Wildman–Crippen LogP) is 2.08. The number of nitrogens with one attached hydrogen (secondary N) is 1. The third-order valence-corrected chi connectivity index (χ3v) is 1.64.